The lowest BCUT2D eigenvalue weighted by Crippen LogP contribution is -2.14. The number of hydrogen-bond acceptors (Lipinski definition) is 8. The molecule has 1 heterocycles. The molecule has 1 aromatic heterocycles. The zero-order valence-electron chi connectivity index (χ0n) is 15.1. The van der Waals surface area contributed by atoms with Crippen molar-refractivity contribution >= 4 is 51.6 Å². The van der Waals surface area contributed by atoms with Gasteiger partial charge in [-0.15, -0.1) is 22.0 Å². The van der Waals surface area contributed by atoms with E-state index in [0.29, 0.717) is 27.5 Å². The minimum Gasteiger partial charge on any atom is -0.356 e. The topological polar surface area (TPSA) is 90.7 Å². The Balaban J connectivity index is 1.47. The smallest absolute Gasteiger partial charge is 0.234 e. The number of benzene rings is 2. The van der Waals surface area contributed by atoms with Crippen LogP contribution in [0.25, 0.3) is 0 Å². The van der Waals surface area contributed by atoms with Gasteiger partial charge in [0.2, 0.25) is 11.0 Å². The number of halogens is 1. The SMILES string of the molecule is N#CCSc1ccccc1NC(=O)CSc1nnc(NCc2ccc(F)cc2)s1. The van der Waals surface area contributed by atoms with Gasteiger partial charge in [-0.1, -0.05) is 47.4 Å². The zero-order chi connectivity index (χ0) is 20.5. The number of nitrogens with one attached hydrogen (secondary N) is 2. The summed E-state index contributed by atoms with van der Waals surface area (Å²) in [5, 5.41) is 23.5. The standard InChI is InChI=1S/C19H16FN5OS3/c20-14-7-5-13(6-8-14)11-22-18-24-25-19(29-18)28-12-17(26)23-15-3-1-2-4-16(15)27-10-9-21/h1-8H,10-12H2,(H,22,24)(H,23,26). The molecule has 29 heavy (non-hydrogen) atoms. The Hall–Kier alpha value is -2.61. The summed E-state index contributed by atoms with van der Waals surface area (Å²) in [5.41, 5.74) is 1.63. The molecule has 0 saturated heterocycles. The Morgan fingerprint density at radius 1 is 1.14 bits per heavy atom. The van der Waals surface area contributed by atoms with Gasteiger partial charge in [0.15, 0.2) is 4.34 Å². The maximum absolute atomic E-state index is 12.9. The van der Waals surface area contributed by atoms with Crippen LogP contribution in [0.15, 0.2) is 57.8 Å². The number of hydrogen-bond donors (Lipinski definition) is 2. The largest absolute Gasteiger partial charge is 0.356 e. The first kappa shape index (κ1) is 21.1. The van der Waals surface area contributed by atoms with Crippen LogP contribution in [0.5, 0.6) is 0 Å². The van der Waals surface area contributed by atoms with Crippen molar-refractivity contribution in [1.29, 1.82) is 5.26 Å². The molecular formula is C19H16FN5OS3. The summed E-state index contributed by atoms with van der Waals surface area (Å²) in [6, 6.07) is 15.7. The van der Waals surface area contributed by atoms with Crippen LogP contribution in [-0.2, 0) is 11.3 Å². The molecule has 0 spiro atoms. The van der Waals surface area contributed by atoms with E-state index in [0.717, 1.165) is 10.5 Å². The molecule has 3 rings (SSSR count). The average Bonchev–Trinajstić information content (AvgIpc) is 3.19. The van der Waals surface area contributed by atoms with E-state index in [1.807, 2.05) is 24.3 Å². The normalized spacial score (nSPS) is 10.3. The van der Waals surface area contributed by atoms with Crippen molar-refractivity contribution < 1.29 is 9.18 Å². The quantitative estimate of drug-likeness (QED) is 0.464. The molecule has 0 aliphatic rings. The molecule has 0 bridgehead atoms. The summed E-state index contributed by atoms with van der Waals surface area (Å²) in [6.07, 6.45) is 0. The van der Waals surface area contributed by atoms with Crippen molar-refractivity contribution in [2.24, 2.45) is 0 Å². The van der Waals surface area contributed by atoms with Gasteiger partial charge in [-0.3, -0.25) is 4.79 Å². The lowest BCUT2D eigenvalue weighted by atomic mass is 10.2. The van der Waals surface area contributed by atoms with Gasteiger partial charge in [0.05, 0.1) is 23.3 Å². The molecule has 0 atom stereocenters. The number of nitrogens with zero attached hydrogens (tertiary/aromatic N) is 3. The molecule has 0 aliphatic carbocycles. The maximum Gasteiger partial charge on any atom is 0.234 e. The fourth-order valence-corrected chi connectivity index (χ4v) is 4.46. The van der Waals surface area contributed by atoms with Gasteiger partial charge in [0.25, 0.3) is 0 Å². The van der Waals surface area contributed by atoms with E-state index in [9.17, 15) is 9.18 Å². The van der Waals surface area contributed by atoms with Crippen LogP contribution in [0, 0.1) is 17.1 Å². The molecule has 2 N–H and O–H groups in total. The lowest BCUT2D eigenvalue weighted by molar-refractivity contribution is -0.113. The predicted octanol–water partition coefficient (Wildman–Crippen LogP) is 4.64. The van der Waals surface area contributed by atoms with Crippen molar-refractivity contribution in [1.82, 2.24) is 10.2 Å². The number of rotatable bonds is 9. The fourth-order valence-electron chi connectivity index (χ4n) is 2.24. The summed E-state index contributed by atoms with van der Waals surface area (Å²) in [7, 11) is 0. The number of amides is 1. The number of carbonyl (C=O) groups is 1. The Labute approximate surface area is 179 Å². The maximum atomic E-state index is 12.9. The van der Waals surface area contributed by atoms with Crippen molar-refractivity contribution in [2.75, 3.05) is 22.1 Å². The third-order valence-corrected chi connectivity index (χ3v) is 6.50. The number of anilines is 2. The van der Waals surface area contributed by atoms with Gasteiger partial charge in [-0.25, -0.2) is 4.39 Å². The van der Waals surface area contributed by atoms with Gasteiger partial charge in [-0.05, 0) is 29.8 Å². The minimum absolute atomic E-state index is 0.156. The minimum atomic E-state index is -0.270. The molecular weight excluding hydrogens is 429 g/mol. The summed E-state index contributed by atoms with van der Waals surface area (Å²) >= 11 is 4.03. The molecule has 6 nitrogen and oxygen atoms in total. The van der Waals surface area contributed by atoms with E-state index < -0.39 is 0 Å². The molecule has 2 aromatic carbocycles. The highest BCUT2D eigenvalue weighted by atomic mass is 32.2. The third-order valence-electron chi connectivity index (χ3n) is 3.54. The molecule has 10 heteroatoms. The van der Waals surface area contributed by atoms with Crippen molar-refractivity contribution in [2.45, 2.75) is 15.8 Å². The summed E-state index contributed by atoms with van der Waals surface area (Å²) in [4.78, 5) is 13.1. The molecule has 1 amide bonds. The van der Waals surface area contributed by atoms with Gasteiger partial charge >= 0.3 is 0 Å². The van der Waals surface area contributed by atoms with Crippen molar-refractivity contribution in [3.8, 4) is 6.07 Å². The number of carbonyl (C=O) groups excluding carboxylic acids is 1. The van der Waals surface area contributed by atoms with Crippen LogP contribution in [-0.4, -0.2) is 27.6 Å². The Morgan fingerprint density at radius 3 is 2.72 bits per heavy atom. The highest BCUT2D eigenvalue weighted by Crippen LogP contribution is 2.28. The number of thioether (sulfide) groups is 2. The predicted molar refractivity (Wildman–Crippen MR) is 116 cm³/mol. The highest BCUT2D eigenvalue weighted by Gasteiger charge is 2.10. The van der Waals surface area contributed by atoms with E-state index >= 15 is 0 Å². The van der Waals surface area contributed by atoms with E-state index in [1.165, 1.54) is 47.0 Å². The monoisotopic (exact) mass is 445 g/mol. The summed E-state index contributed by atoms with van der Waals surface area (Å²) in [5.74, 6) is 0.0909. The van der Waals surface area contributed by atoms with E-state index in [1.54, 1.807) is 12.1 Å². The Bertz CT molecular complexity index is 1000. The van der Waals surface area contributed by atoms with Crippen LogP contribution in [0.4, 0.5) is 15.2 Å². The Kier molecular flexibility index (Phi) is 7.86. The molecule has 3 aromatic rings. The van der Waals surface area contributed by atoms with Crippen LogP contribution >= 0.6 is 34.9 Å². The average molecular weight is 446 g/mol. The van der Waals surface area contributed by atoms with Gasteiger partial charge in [0, 0.05) is 11.4 Å². The molecule has 0 saturated carbocycles. The van der Waals surface area contributed by atoms with E-state index in [2.05, 4.69) is 26.9 Å². The molecule has 0 radical (unpaired) electrons. The fraction of sp³-hybridized carbons (Fsp3) is 0.158. The second-order valence-corrected chi connectivity index (χ2v) is 8.85. The number of nitriles is 1. The molecule has 148 valence electrons. The second kappa shape index (κ2) is 10.8. The number of aromatic nitrogens is 2. The van der Waals surface area contributed by atoms with Crippen LogP contribution in [0.2, 0.25) is 0 Å². The van der Waals surface area contributed by atoms with Crippen LogP contribution < -0.4 is 10.6 Å². The van der Waals surface area contributed by atoms with Gasteiger partial charge < -0.3 is 10.6 Å². The first-order valence-corrected chi connectivity index (χ1v) is 11.3. The first-order valence-electron chi connectivity index (χ1n) is 8.47. The highest BCUT2D eigenvalue weighted by molar-refractivity contribution is 8.01. The van der Waals surface area contributed by atoms with Crippen LogP contribution in [0.1, 0.15) is 5.56 Å². The third kappa shape index (κ3) is 6.74. The lowest BCUT2D eigenvalue weighted by Gasteiger charge is -2.08. The van der Waals surface area contributed by atoms with Crippen molar-refractivity contribution in [3.63, 3.8) is 0 Å². The summed E-state index contributed by atoms with van der Waals surface area (Å²) in [6.45, 7) is 0.511. The van der Waals surface area contributed by atoms with Gasteiger partial charge in [0.1, 0.15) is 5.82 Å². The Morgan fingerprint density at radius 2 is 1.93 bits per heavy atom. The molecule has 0 aliphatic heterocycles. The van der Waals surface area contributed by atoms with E-state index in [4.69, 9.17) is 5.26 Å². The molecule has 0 fully saturated rings. The second-order valence-electron chi connectivity index (χ2n) is 5.63. The van der Waals surface area contributed by atoms with E-state index in [-0.39, 0.29) is 17.5 Å². The van der Waals surface area contributed by atoms with Crippen molar-refractivity contribution in [3.05, 3.63) is 59.9 Å². The van der Waals surface area contributed by atoms with Gasteiger partial charge in [-0.2, -0.15) is 5.26 Å². The number of para-hydroxylation sites is 1. The summed E-state index contributed by atoms with van der Waals surface area (Å²) < 4.78 is 13.6. The zero-order valence-corrected chi connectivity index (χ0v) is 17.5. The van der Waals surface area contributed by atoms with Crippen LogP contribution in [0.3, 0.4) is 0 Å². The first-order chi connectivity index (χ1) is 14.1. The molecule has 0 unspecified atom stereocenters.